The minimum absolute atomic E-state index is 0.124. The number of halogens is 1. The molecule has 1 heterocycles. The van der Waals surface area contributed by atoms with Crippen LogP contribution in [0.5, 0.6) is 0 Å². The average Bonchev–Trinajstić information content (AvgIpc) is 2.95. The second-order valence-corrected chi connectivity index (χ2v) is 8.28. The third-order valence-corrected chi connectivity index (χ3v) is 5.79. The van der Waals surface area contributed by atoms with Crippen LogP contribution in [-0.2, 0) is 6.54 Å². The fraction of sp³-hybridized carbons (Fsp3) is 0.176. The summed E-state index contributed by atoms with van der Waals surface area (Å²) in [6.07, 6.45) is 2.02. The maximum absolute atomic E-state index is 12.5. The van der Waals surface area contributed by atoms with E-state index in [-0.39, 0.29) is 11.3 Å². The molecule has 3 aromatic rings. The lowest BCUT2D eigenvalue weighted by molar-refractivity contribution is -0.384. The number of carbonyl (C=O) groups excluding carboxylic acids is 1. The van der Waals surface area contributed by atoms with E-state index in [2.05, 4.69) is 20.9 Å². The molecule has 0 aliphatic carbocycles. The summed E-state index contributed by atoms with van der Waals surface area (Å²) < 4.78 is 3.99. The number of aryl methyl sites for hydroxylation is 1. The van der Waals surface area contributed by atoms with E-state index < -0.39 is 10.8 Å². The van der Waals surface area contributed by atoms with Gasteiger partial charge in [-0.2, -0.15) is 16.8 Å². The molecule has 1 aromatic heterocycles. The quantitative estimate of drug-likeness (QED) is 0.423. The summed E-state index contributed by atoms with van der Waals surface area (Å²) in [5, 5.41) is 10.9. The number of thiazole rings is 1. The fourth-order valence-electron chi connectivity index (χ4n) is 2.43. The average molecular weight is 452 g/mol. The second-order valence-electron chi connectivity index (χ2n) is 5.37. The van der Waals surface area contributed by atoms with E-state index >= 15 is 0 Å². The van der Waals surface area contributed by atoms with Gasteiger partial charge >= 0.3 is 0 Å². The molecule has 0 atom stereocenters. The molecule has 0 aliphatic heterocycles. The summed E-state index contributed by atoms with van der Waals surface area (Å²) >= 11 is 6.60. The van der Waals surface area contributed by atoms with Crippen molar-refractivity contribution in [2.45, 2.75) is 6.54 Å². The normalized spacial score (nSPS) is 11.8. The molecule has 2 aromatic carbocycles. The lowest BCUT2D eigenvalue weighted by Crippen LogP contribution is -2.18. The molecule has 0 saturated carbocycles. The highest BCUT2D eigenvalue weighted by molar-refractivity contribution is 9.10. The molecule has 26 heavy (non-hydrogen) atoms. The molecule has 0 radical (unpaired) electrons. The summed E-state index contributed by atoms with van der Waals surface area (Å²) in [7, 11) is 0. The van der Waals surface area contributed by atoms with Crippen molar-refractivity contribution >= 4 is 60.8 Å². The number of aromatic nitrogens is 1. The van der Waals surface area contributed by atoms with Gasteiger partial charge in [0.1, 0.15) is 0 Å². The number of hydrogen-bond acceptors (Lipinski definition) is 5. The van der Waals surface area contributed by atoms with E-state index in [1.54, 1.807) is 11.8 Å². The van der Waals surface area contributed by atoms with E-state index in [1.807, 2.05) is 29.0 Å². The Hall–Kier alpha value is -1.97. The molecular formula is C17H14BrN3O3S2. The Balaban J connectivity index is 2.09. The van der Waals surface area contributed by atoms with Gasteiger partial charge in [-0.05, 0) is 30.5 Å². The topological polar surface area (TPSA) is 77.5 Å². The summed E-state index contributed by atoms with van der Waals surface area (Å²) in [5.41, 5.74) is 1.09. The van der Waals surface area contributed by atoms with Gasteiger partial charge in [-0.25, -0.2) is 0 Å². The minimum atomic E-state index is -0.521. The van der Waals surface area contributed by atoms with Gasteiger partial charge in [-0.15, -0.1) is 0 Å². The summed E-state index contributed by atoms with van der Waals surface area (Å²) in [5.74, 6) is 0.400. The monoisotopic (exact) mass is 451 g/mol. The van der Waals surface area contributed by atoms with Gasteiger partial charge in [0.15, 0.2) is 4.80 Å². The smallest absolute Gasteiger partial charge is 0.279 e. The molecule has 9 heteroatoms. The highest BCUT2D eigenvalue weighted by Crippen LogP contribution is 2.22. The standard InChI is InChI=1S/C17H14BrN3O3S2/c1-25-8-7-20-14-6-5-12(18)10-15(14)26-17(20)19-16(22)11-3-2-4-13(9-11)21(23)24/h2-6,9-10H,7-8H2,1H3. The lowest BCUT2D eigenvalue weighted by Gasteiger charge is -2.03. The molecule has 6 nitrogen and oxygen atoms in total. The number of thioether (sulfide) groups is 1. The molecule has 0 N–H and O–H groups in total. The third kappa shape index (κ3) is 4.05. The first-order chi connectivity index (χ1) is 12.5. The number of nitrogens with zero attached hydrogens (tertiary/aromatic N) is 3. The van der Waals surface area contributed by atoms with E-state index in [0.29, 0.717) is 4.80 Å². The van der Waals surface area contributed by atoms with E-state index in [9.17, 15) is 14.9 Å². The Morgan fingerprint density at radius 2 is 2.15 bits per heavy atom. The number of rotatable bonds is 5. The number of fused-ring (bicyclic) bond motifs is 1. The minimum Gasteiger partial charge on any atom is -0.316 e. The number of carbonyl (C=O) groups is 1. The Kier molecular flexibility index (Phi) is 5.90. The maximum Gasteiger partial charge on any atom is 0.279 e. The van der Waals surface area contributed by atoms with Gasteiger partial charge in [-0.3, -0.25) is 14.9 Å². The van der Waals surface area contributed by atoms with Gasteiger partial charge in [0.2, 0.25) is 0 Å². The Bertz CT molecular complexity index is 1060. The maximum atomic E-state index is 12.5. The first kappa shape index (κ1) is 18.8. The van der Waals surface area contributed by atoms with Crippen LogP contribution in [0, 0.1) is 10.1 Å². The van der Waals surface area contributed by atoms with Crippen LogP contribution in [0.2, 0.25) is 0 Å². The van der Waals surface area contributed by atoms with Crippen LogP contribution in [0.4, 0.5) is 5.69 Å². The van der Waals surface area contributed by atoms with Crippen molar-refractivity contribution in [1.29, 1.82) is 0 Å². The number of nitro groups is 1. The summed E-state index contributed by atoms with van der Waals surface area (Å²) in [6, 6.07) is 11.6. The molecule has 0 unspecified atom stereocenters. The van der Waals surface area contributed by atoms with Gasteiger partial charge < -0.3 is 4.57 Å². The van der Waals surface area contributed by atoms with Crippen LogP contribution in [0.1, 0.15) is 10.4 Å². The predicted molar refractivity (Wildman–Crippen MR) is 109 cm³/mol. The second kappa shape index (κ2) is 8.15. The van der Waals surface area contributed by atoms with E-state index in [1.165, 1.54) is 35.6 Å². The number of benzene rings is 2. The molecule has 0 aliphatic rings. The Labute approximate surface area is 165 Å². The number of amides is 1. The molecule has 0 fully saturated rings. The van der Waals surface area contributed by atoms with Crippen molar-refractivity contribution in [3.63, 3.8) is 0 Å². The molecule has 0 bridgehead atoms. The molecule has 0 spiro atoms. The van der Waals surface area contributed by atoms with Crippen LogP contribution in [-0.4, -0.2) is 27.4 Å². The first-order valence-electron chi connectivity index (χ1n) is 7.61. The van der Waals surface area contributed by atoms with Crippen molar-refractivity contribution in [2.75, 3.05) is 12.0 Å². The highest BCUT2D eigenvalue weighted by atomic mass is 79.9. The summed E-state index contributed by atoms with van der Waals surface area (Å²) in [6.45, 7) is 0.726. The van der Waals surface area contributed by atoms with Gasteiger partial charge in [0, 0.05) is 34.5 Å². The molecule has 0 saturated heterocycles. The first-order valence-corrected chi connectivity index (χ1v) is 10.6. The fourth-order valence-corrected chi connectivity index (χ4v) is 4.41. The van der Waals surface area contributed by atoms with Crippen molar-refractivity contribution in [3.05, 3.63) is 67.4 Å². The number of non-ortho nitro benzene ring substituents is 1. The van der Waals surface area contributed by atoms with Crippen LogP contribution in [0.3, 0.4) is 0 Å². The SMILES string of the molecule is CSCCn1c(=NC(=O)c2cccc([N+](=O)[O-])c2)sc2cc(Br)ccc21. The molecule has 134 valence electrons. The van der Waals surface area contributed by atoms with Crippen molar-refractivity contribution < 1.29 is 9.72 Å². The van der Waals surface area contributed by atoms with Crippen molar-refractivity contribution in [2.24, 2.45) is 4.99 Å². The lowest BCUT2D eigenvalue weighted by atomic mass is 10.2. The summed E-state index contributed by atoms with van der Waals surface area (Å²) in [4.78, 5) is 27.8. The Morgan fingerprint density at radius 3 is 2.88 bits per heavy atom. The van der Waals surface area contributed by atoms with Gasteiger partial charge in [-0.1, -0.05) is 33.3 Å². The van der Waals surface area contributed by atoms with Crippen LogP contribution in [0.15, 0.2) is 51.9 Å². The van der Waals surface area contributed by atoms with Gasteiger partial charge in [0.25, 0.3) is 11.6 Å². The van der Waals surface area contributed by atoms with Crippen molar-refractivity contribution in [3.8, 4) is 0 Å². The third-order valence-electron chi connectivity index (χ3n) is 3.66. The Morgan fingerprint density at radius 1 is 1.35 bits per heavy atom. The van der Waals surface area contributed by atoms with Crippen molar-refractivity contribution in [1.82, 2.24) is 4.57 Å². The zero-order chi connectivity index (χ0) is 18.7. The van der Waals surface area contributed by atoms with E-state index in [0.717, 1.165) is 27.0 Å². The molecule has 3 rings (SSSR count). The van der Waals surface area contributed by atoms with Gasteiger partial charge in [0.05, 0.1) is 15.1 Å². The zero-order valence-corrected chi connectivity index (χ0v) is 16.9. The van der Waals surface area contributed by atoms with Crippen LogP contribution < -0.4 is 4.80 Å². The van der Waals surface area contributed by atoms with E-state index in [4.69, 9.17) is 0 Å². The number of hydrogen-bond donors (Lipinski definition) is 0. The largest absolute Gasteiger partial charge is 0.316 e. The number of nitro benzene ring substituents is 1. The molecule has 1 amide bonds. The van der Waals surface area contributed by atoms with Crippen LogP contribution >= 0.6 is 39.0 Å². The predicted octanol–water partition coefficient (Wildman–Crippen LogP) is 4.48. The highest BCUT2D eigenvalue weighted by Gasteiger charge is 2.13. The zero-order valence-electron chi connectivity index (χ0n) is 13.7. The van der Waals surface area contributed by atoms with Crippen LogP contribution in [0.25, 0.3) is 10.2 Å². The molecular weight excluding hydrogens is 438 g/mol.